The fourth-order valence-corrected chi connectivity index (χ4v) is 0.760. The molecule has 0 saturated carbocycles. The summed E-state index contributed by atoms with van der Waals surface area (Å²) in [7, 11) is 0. The van der Waals surface area contributed by atoms with E-state index in [0.717, 1.165) is 16.9 Å². The SMILES string of the molecule is O.O.OSc1ccccc1. The van der Waals surface area contributed by atoms with Crippen LogP contribution in [0.2, 0.25) is 0 Å². The third kappa shape index (κ3) is 3.47. The first kappa shape index (κ1) is 12.2. The van der Waals surface area contributed by atoms with Crippen LogP contribution in [0.1, 0.15) is 0 Å². The molecule has 0 spiro atoms. The van der Waals surface area contributed by atoms with E-state index >= 15 is 0 Å². The van der Waals surface area contributed by atoms with Crippen LogP contribution in [0, 0.1) is 0 Å². The molecule has 0 aliphatic heterocycles. The second-order valence-corrected chi connectivity index (χ2v) is 2.06. The van der Waals surface area contributed by atoms with Crippen LogP contribution < -0.4 is 0 Å². The fourth-order valence-electron chi connectivity index (χ4n) is 0.481. The summed E-state index contributed by atoms with van der Waals surface area (Å²) in [5.41, 5.74) is 0. The molecule has 58 valence electrons. The summed E-state index contributed by atoms with van der Waals surface area (Å²) in [4.78, 5) is 0.882. The molecule has 0 heterocycles. The Morgan fingerprint density at radius 3 is 1.80 bits per heavy atom. The number of benzene rings is 1. The van der Waals surface area contributed by atoms with Crippen molar-refractivity contribution in [2.24, 2.45) is 0 Å². The van der Waals surface area contributed by atoms with Gasteiger partial charge in [0, 0.05) is 16.9 Å². The standard InChI is InChI=1S/C6H6OS.2H2O/c7-8-6-4-2-1-3-5-6;;/h1-5,7H;2*1H2. The van der Waals surface area contributed by atoms with Gasteiger partial charge in [0.1, 0.15) is 0 Å². The summed E-state index contributed by atoms with van der Waals surface area (Å²) in [5.74, 6) is 0. The second kappa shape index (κ2) is 6.57. The Labute approximate surface area is 63.5 Å². The predicted molar refractivity (Wildman–Crippen MR) is 42.2 cm³/mol. The molecule has 0 radical (unpaired) electrons. The molecule has 0 aromatic heterocycles. The molecule has 10 heavy (non-hydrogen) atoms. The smallest absolute Gasteiger partial charge is 0.0350 e. The van der Waals surface area contributed by atoms with Crippen molar-refractivity contribution < 1.29 is 15.5 Å². The lowest BCUT2D eigenvalue weighted by Gasteiger charge is -1.87. The van der Waals surface area contributed by atoms with Crippen LogP contribution in [-0.2, 0) is 0 Å². The highest BCUT2D eigenvalue weighted by Gasteiger charge is 1.82. The van der Waals surface area contributed by atoms with Crippen molar-refractivity contribution in [2.45, 2.75) is 4.90 Å². The van der Waals surface area contributed by atoms with Gasteiger partial charge in [-0.3, -0.25) is 0 Å². The Bertz CT molecular complexity index is 154. The van der Waals surface area contributed by atoms with Crippen LogP contribution in [0.15, 0.2) is 35.2 Å². The number of hydrogen-bond acceptors (Lipinski definition) is 2. The Kier molecular flexibility index (Phi) is 7.99. The Morgan fingerprint density at radius 2 is 1.50 bits per heavy atom. The minimum absolute atomic E-state index is 0. The van der Waals surface area contributed by atoms with E-state index in [1.807, 2.05) is 30.3 Å². The van der Waals surface area contributed by atoms with Gasteiger partial charge in [-0.25, -0.2) is 0 Å². The monoisotopic (exact) mass is 162 g/mol. The molecule has 1 aromatic rings. The van der Waals surface area contributed by atoms with E-state index in [-0.39, 0.29) is 11.0 Å². The first-order chi connectivity index (χ1) is 3.93. The van der Waals surface area contributed by atoms with Crippen molar-refractivity contribution in [2.75, 3.05) is 0 Å². The molecular formula is C6H10O3S. The van der Waals surface area contributed by atoms with E-state index in [0.29, 0.717) is 0 Å². The summed E-state index contributed by atoms with van der Waals surface area (Å²) in [6.07, 6.45) is 0. The molecular weight excluding hydrogens is 152 g/mol. The Hall–Kier alpha value is -0.550. The molecule has 0 amide bonds. The van der Waals surface area contributed by atoms with E-state index in [9.17, 15) is 0 Å². The van der Waals surface area contributed by atoms with Crippen molar-refractivity contribution in [1.82, 2.24) is 0 Å². The van der Waals surface area contributed by atoms with Gasteiger partial charge in [0.2, 0.25) is 0 Å². The fraction of sp³-hybridized carbons (Fsp3) is 0. The van der Waals surface area contributed by atoms with Crippen LogP contribution in [0.4, 0.5) is 0 Å². The maximum absolute atomic E-state index is 8.45. The number of hydrogen-bond donors (Lipinski definition) is 1. The molecule has 3 nitrogen and oxygen atoms in total. The molecule has 0 bridgehead atoms. The molecule has 0 aliphatic carbocycles. The molecule has 1 aromatic carbocycles. The van der Waals surface area contributed by atoms with Gasteiger partial charge in [-0.2, -0.15) is 0 Å². The number of rotatable bonds is 1. The van der Waals surface area contributed by atoms with E-state index in [2.05, 4.69) is 0 Å². The lowest BCUT2D eigenvalue weighted by Crippen LogP contribution is -1.63. The topological polar surface area (TPSA) is 83.2 Å². The molecule has 0 aliphatic rings. The summed E-state index contributed by atoms with van der Waals surface area (Å²) < 4.78 is 8.45. The van der Waals surface area contributed by atoms with Gasteiger partial charge in [-0.15, -0.1) is 0 Å². The van der Waals surface area contributed by atoms with Gasteiger partial charge in [0.15, 0.2) is 0 Å². The molecule has 4 heteroatoms. The first-order valence-electron chi connectivity index (χ1n) is 2.30. The molecule has 0 atom stereocenters. The highest BCUT2D eigenvalue weighted by molar-refractivity contribution is 7.93. The third-order valence-corrected chi connectivity index (χ3v) is 1.33. The molecule has 0 saturated heterocycles. The van der Waals surface area contributed by atoms with Crippen LogP contribution in [0.3, 0.4) is 0 Å². The molecule has 5 N–H and O–H groups in total. The van der Waals surface area contributed by atoms with Gasteiger partial charge < -0.3 is 15.5 Å². The normalized spacial score (nSPS) is 7.30. The average Bonchev–Trinajstić information content (AvgIpc) is 1.90. The zero-order chi connectivity index (χ0) is 5.82. The van der Waals surface area contributed by atoms with Crippen molar-refractivity contribution in [3.05, 3.63) is 30.3 Å². The van der Waals surface area contributed by atoms with Crippen molar-refractivity contribution in [3.8, 4) is 0 Å². The molecule has 1 rings (SSSR count). The summed E-state index contributed by atoms with van der Waals surface area (Å²) >= 11 is 0.769. The van der Waals surface area contributed by atoms with Gasteiger partial charge in [0.05, 0.1) is 0 Å². The molecule has 0 fully saturated rings. The van der Waals surface area contributed by atoms with Gasteiger partial charge >= 0.3 is 0 Å². The van der Waals surface area contributed by atoms with Gasteiger partial charge in [-0.05, 0) is 12.1 Å². The zero-order valence-electron chi connectivity index (χ0n) is 5.24. The first-order valence-corrected chi connectivity index (χ1v) is 3.07. The van der Waals surface area contributed by atoms with Crippen LogP contribution in [0.25, 0.3) is 0 Å². The lowest BCUT2D eigenvalue weighted by molar-refractivity contribution is 0.664. The summed E-state index contributed by atoms with van der Waals surface area (Å²) in [6.45, 7) is 0. The maximum atomic E-state index is 8.45. The Balaban J connectivity index is 0. The highest BCUT2D eigenvalue weighted by Crippen LogP contribution is 2.10. The predicted octanol–water partition coefficient (Wildman–Crippen LogP) is 0.602. The summed E-state index contributed by atoms with van der Waals surface area (Å²) in [5, 5.41) is 0. The largest absolute Gasteiger partial charge is 0.412 e. The minimum atomic E-state index is 0. The average molecular weight is 162 g/mol. The highest BCUT2D eigenvalue weighted by atomic mass is 32.2. The zero-order valence-corrected chi connectivity index (χ0v) is 6.06. The van der Waals surface area contributed by atoms with E-state index < -0.39 is 0 Å². The van der Waals surface area contributed by atoms with Gasteiger partial charge in [-0.1, -0.05) is 18.2 Å². The van der Waals surface area contributed by atoms with Crippen LogP contribution in [0.5, 0.6) is 0 Å². The van der Waals surface area contributed by atoms with Gasteiger partial charge in [0.25, 0.3) is 0 Å². The van der Waals surface area contributed by atoms with E-state index in [1.54, 1.807) is 0 Å². The maximum Gasteiger partial charge on any atom is 0.0350 e. The minimum Gasteiger partial charge on any atom is -0.412 e. The quantitative estimate of drug-likeness (QED) is 0.613. The van der Waals surface area contributed by atoms with Crippen molar-refractivity contribution in [3.63, 3.8) is 0 Å². The van der Waals surface area contributed by atoms with E-state index in [4.69, 9.17) is 4.55 Å². The second-order valence-electron chi connectivity index (χ2n) is 1.40. The van der Waals surface area contributed by atoms with Crippen molar-refractivity contribution >= 4 is 12.0 Å². The third-order valence-electron chi connectivity index (χ3n) is 0.849. The van der Waals surface area contributed by atoms with Crippen molar-refractivity contribution in [1.29, 1.82) is 0 Å². The Morgan fingerprint density at radius 1 is 1.00 bits per heavy atom. The molecule has 0 unspecified atom stereocenters. The lowest BCUT2D eigenvalue weighted by atomic mass is 10.4. The summed E-state index contributed by atoms with van der Waals surface area (Å²) in [6, 6.07) is 9.40. The van der Waals surface area contributed by atoms with E-state index in [1.165, 1.54) is 0 Å². The van der Waals surface area contributed by atoms with Crippen LogP contribution in [-0.4, -0.2) is 15.5 Å². The van der Waals surface area contributed by atoms with Crippen LogP contribution >= 0.6 is 12.0 Å².